The highest BCUT2D eigenvalue weighted by molar-refractivity contribution is 7.89. The van der Waals surface area contributed by atoms with Crippen molar-refractivity contribution in [3.8, 4) is 0 Å². The van der Waals surface area contributed by atoms with Gasteiger partial charge in [-0.15, -0.1) is 0 Å². The second-order valence-corrected chi connectivity index (χ2v) is 7.38. The van der Waals surface area contributed by atoms with Crippen molar-refractivity contribution in [3.63, 3.8) is 0 Å². The lowest BCUT2D eigenvalue weighted by molar-refractivity contribution is -0.116. The van der Waals surface area contributed by atoms with Crippen molar-refractivity contribution in [3.05, 3.63) is 24.3 Å². The molecule has 5 N–H and O–H groups in total. The fourth-order valence-electron chi connectivity index (χ4n) is 1.92. The van der Waals surface area contributed by atoms with Crippen molar-refractivity contribution < 1.29 is 13.2 Å². The Balaban J connectivity index is 2.56. The van der Waals surface area contributed by atoms with E-state index in [-0.39, 0.29) is 16.2 Å². The number of benzene rings is 1. The normalized spacial score (nSPS) is 12.2. The summed E-state index contributed by atoms with van der Waals surface area (Å²) in [6.07, 6.45) is 2.00. The van der Waals surface area contributed by atoms with Gasteiger partial charge < -0.3 is 11.1 Å². The zero-order valence-corrected chi connectivity index (χ0v) is 13.2. The lowest BCUT2D eigenvalue weighted by Gasteiger charge is -2.23. The molecular weight excluding hydrogens is 290 g/mol. The molecule has 1 aromatic rings. The SMILES string of the molecule is CC(C)(CCN)CCC(=O)Nc1ccc(S(N)(=O)=O)cc1. The Hall–Kier alpha value is -1.44. The van der Waals surface area contributed by atoms with Gasteiger partial charge in [0, 0.05) is 12.1 Å². The highest BCUT2D eigenvalue weighted by Gasteiger charge is 2.18. The van der Waals surface area contributed by atoms with Gasteiger partial charge in [-0.1, -0.05) is 13.8 Å². The van der Waals surface area contributed by atoms with Crippen LogP contribution in [0.4, 0.5) is 5.69 Å². The van der Waals surface area contributed by atoms with E-state index in [1.54, 1.807) is 0 Å². The van der Waals surface area contributed by atoms with Gasteiger partial charge in [-0.25, -0.2) is 13.6 Å². The fourth-order valence-corrected chi connectivity index (χ4v) is 2.43. The number of carbonyl (C=O) groups excluding carboxylic acids is 1. The summed E-state index contributed by atoms with van der Waals surface area (Å²) in [7, 11) is -3.71. The highest BCUT2D eigenvalue weighted by atomic mass is 32.2. The first-order valence-electron chi connectivity index (χ1n) is 6.77. The third-order valence-corrected chi connectivity index (χ3v) is 4.25. The molecule has 0 fully saturated rings. The van der Waals surface area contributed by atoms with Gasteiger partial charge in [0.15, 0.2) is 0 Å². The molecule has 0 aliphatic carbocycles. The summed E-state index contributed by atoms with van der Waals surface area (Å²) in [5, 5.41) is 7.74. The number of carbonyl (C=O) groups is 1. The van der Waals surface area contributed by atoms with Crippen LogP contribution in [0, 0.1) is 5.41 Å². The van der Waals surface area contributed by atoms with Crippen LogP contribution in [0.25, 0.3) is 0 Å². The largest absolute Gasteiger partial charge is 0.330 e. The molecule has 0 aliphatic rings. The van der Waals surface area contributed by atoms with E-state index in [9.17, 15) is 13.2 Å². The molecule has 0 radical (unpaired) electrons. The number of primary sulfonamides is 1. The average Bonchev–Trinajstić information content (AvgIpc) is 2.36. The van der Waals surface area contributed by atoms with Crippen LogP contribution in [0.1, 0.15) is 33.1 Å². The van der Waals surface area contributed by atoms with E-state index in [1.165, 1.54) is 24.3 Å². The molecule has 0 spiro atoms. The molecule has 0 bridgehead atoms. The zero-order chi connectivity index (χ0) is 16.1. The lowest BCUT2D eigenvalue weighted by atomic mass is 9.84. The third kappa shape index (κ3) is 6.24. The van der Waals surface area contributed by atoms with E-state index in [0.29, 0.717) is 18.7 Å². The van der Waals surface area contributed by atoms with E-state index in [0.717, 1.165) is 12.8 Å². The molecule has 0 atom stereocenters. The molecule has 0 saturated heterocycles. The quantitative estimate of drug-likeness (QED) is 0.706. The molecule has 0 unspecified atom stereocenters. The second-order valence-electron chi connectivity index (χ2n) is 5.82. The van der Waals surface area contributed by atoms with Crippen molar-refractivity contribution >= 4 is 21.6 Å². The predicted molar refractivity (Wildman–Crippen MR) is 83.1 cm³/mol. The maximum atomic E-state index is 11.9. The Morgan fingerprint density at radius 2 is 1.76 bits per heavy atom. The number of amides is 1. The first-order chi connectivity index (χ1) is 9.64. The summed E-state index contributed by atoms with van der Waals surface area (Å²) in [5.41, 5.74) is 6.11. The number of hydrogen-bond acceptors (Lipinski definition) is 4. The van der Waals surface area contributed by atoms with E-state index in [4.69, 9.17) is 10.9 Å². The highest BCUT2D eigenvalue weighted by Crippen LogP contribution is 2.26. The summed E-state index contributed by atoms with van der Waals surface area (Å²) in [6.45, 7) is 4.76. The first kappa shape index (κ1) is 17.6. The Kier molecular flexibility index (Phi) is 5.88. The van der Waals surface area contributed by atoms with Gasteiger partial charge in [0.2, 0.25) is 15.9 Å². The van der Waals surface area contributed by atoms with Crippen LogP contribution in [0.15, 0.2) is 29.2 Å². The molecule has 1 rings (SSSR count). The van der Waals surface area contributed by atoms with Gasteiger partial charge in [-0.3, -0.25) is 4.79 Å². The molecule has 6 nitrogen and oxygen atoms in total. The first-order valence-corrected chi connectivity index (χ1v) is 8.31. The summed E-state index contributed by atoms with van der Waals surface area (Å²) < 4.78 is 22.2. The molecule has 0 saturated carbocycles. The Bertz CT molecular complexity index is 580. The molecule has 1 amide bonds. The smallest absolute Gasteiger partial charge is 0.238 e. The number of rotatable bonds is 7. The molecular formula is C14H23N3O3S. The summed E-state index contributed by atoms with van der Waals surface area (Å²) in [6, 6.07) is 5.76. The van der Waals surface area contributed by atoms with Crippen LogP contribution >= 0.6 is 0 Å². The fraction of sp³-hybridized carbons (Fsp3) is 0.500. The number of anilines is 1. The molecule has 0 heterocycles. The van der Waals surface area contributed by atoms with Crippen LogP contribution in [-0.2, 0) is 14.8 Å². The summed E-state index contributed by atoms with van der Waals surface area (Å²) in [4.78, 5) is 11.9. The van der Waals surface area contributed by atoms with Crippen molar-refractivity contribution in [2.75, 3.05) is 11.9 Å². The molecule has 118 valence electrons. The monoisotopic (exact) mass is 313 g/mol. The van der Waals surface area contributed by atoms with E-state index in [1.807, 2.05) is 0 Å². The van der Waals surface area contributed by atoms with Crippen molar-refractivity contribution in [1.82, 2.24) is 0 Å². The Morgan fingerprint density at radius 3 is 2.24 bits per heavy atom. The lowest BCUT2D eigenvalue weighted by Crippen LogP contribution is -2.20. The number of hydrogen-bond donors (Lipinski definition) is 3. The van der Waals surface area contributed by atoms with Crippen LogP contribution < -0.4 is 16.2 Å². The van der Waals surface area contributed by atoms with Crippen LogP contribution in [0.5, 0.6) is 0 Å². The van der Waals surface area contributed by atoms with Gasteiger partial charge in [0.25, 0.3) is 0 Å². The number of sulfonamides is 1. The molecule has 1 aromatic carbocycles. The van der Waals surface area contributed by atoms with Gasteiger partial charge in [-0.2, -0.15) is 0 Å². The minimum atomic E-state index is -3.71. The minimum Gasteiger partial charge on any atom is -0.330 e. The zero-order valence-electron chi connectivity index (χ0n) is 12.4. The maximum absolute atomic E-state index is 11.9. The average molecular weight is 313 g/mol. The Morgan fingerprint density at radius 1 is 1.19 bits per heavy atom. The minimum absolute atomic E-state index is 0.0181. The van der Waals surface area contributed by atoms with Gasteiger partial charge in [0.05, 0.1) is 4.90 Å². The van der Waals surface area contributed by atoms with Crippen molar-refractivity contribution in [2.24, 2.45) is 16.3 Å². The van der Waals surface area contributed by atoms with Crippen LogP contribution in [0.2, 0.25) is 0 Å². The number of nitrogens with two attached hydrogens (primary N) is 2. The van der Waals surface area contributed by atoms with Gasteiger partial charge >= 0.3 is 0 Å². The van der Waals surface area contributed by atoms with Crippen molar-refractivity contribution in [1.29, 1.82) is 0 Å². The number of nitrogens with one attached hydrogen (secondary N) is 1. The van der Waals surface area contributed by atoms with E-state index < -0.39 is 10.0 Å². The van der Waals surface area contributed by atoms with Gasteiger partial charge in [0.1, 0.15) is 0 Å². The second kappa shape index (κ2) is 7.02. The van der Waals surface area contributed by atoms with E-state index in [2.05, 4.69) is 19.2 Å². The van der Waals surface area contributed by atoms with Gasteiger partial charge in [-0.05, 0) is 49.1 Å². The summed E-state index contributed by atoms with van der Waals surface area (Å²) in [5.74, 6) is -0.108. The maximum Gasteiger partial charge on any atom is 0.238 e. The molecule has 7 heteroatoms. The third-order valence-electron chi connectivity index (χ3n) is 3.32. The standard InChI is InChI=1S/C14H23N3O3S/c1-14(2,9-10-15)8-7-13(18)17-11-3-5-12(6-4-11)21(16,19)20/h3-6H,7-10,15H2,1-2H3,(H,17,18)(H2,16,19,20). The van der Waals surface area contributed by atoms with Crippen molar-refractivity contribution in [2.45, 2.75) is 38.0 Å². The molecule has 0 aliphatic heterocycles. The molecule has 21 heavy (non-hydrogen) atoms. The topological polar surface area (TPSA) is 115 Å². The predicted octanol–water partition coefficient (Wildman–Crippen LogP) is 1.43. The van der Waals surface area contributed by atoms with E-state index >= 15 is 0 Å². The van der Waals surface area contributed by atoms with Crippen LogP contribution in [0.3, 0.4) is 0 Å². The Labute approximate surface area is 126 Å². The molecule has 0 aromatic heterocycles. The summed E-state index contributed by atoms with van der Waals surface area (Å²) >= 11 is 0. The van der Waals surface area contributed by atoms with Crippen LogP contribution in [-0.4, -0.2) is 20.9 Å².